The van der Waals surface area contributed by atoms with Crippen LogP contribution in [0.15, 0.2) is 30.4 Å². The molecule has 0 saturated heterocycles. The highest BCUT2D eigenvalue weighted by molar-refractivity contribution is 6.31. The van der Waals surface area contributed by atoms with Crippen molar-refractivity contribution in [2.45, 2.75) is 19.9 Å². The second-order valence-electron chi connectivity index (χ2n) is 3.33. The zero-order valence-electron chi connectivity index (χ0n) is 7.97. The van der Waals surface area contributed by atoms with Gasteiger partial charge in [-0.2, -0.15) is 0 Å². The minimum atomic E-state index is -0.113. The number of benzene rings is 1. The first-order chi connectivity index (χ1) is 6.02. The minimum Gasteiger partial charge on any atom is -0.321 e. The molecule has 0 saturated carbocycles. The summed E-state index contributed by atoms with van der Waals surface area (Å²) in [7, 11) is 0. The number of hydrogen-bond donors (Lipinski definition) is 1. The van der Waals surface area contributed by atoms with E-state index in [0.29, 0.717) is 0 Å². The Kier molecular flexibility index (Phi) is 3.12. The second-order valence-corrected chi connectivity index (χ2v) is 3.74. The number of halogens is 1. The van der Waals surface area contributed by atoms with Crippen LogP contribution in [0, 0.1) is 6.92 Å². The first kappa shape index (κ1) is 10.3. The van der Waals surface area contributed by atoms with Crippen molar-refractivity contribution in [3.63, 3.8) is 0 Å². The topological polar surface area (TPSA) is 26.0 Å². The first-order valence-electron chi connectivity index (χ1n) is 4.19. The molecule has 1 aromatic rings. The van der Waals surface area contributed by atoms with Crippen molar-refractivity contribution in [1.29, 1.82) is 0 Å². The third kappa shape index (κ3) is 2.33. The van der Waals surface area contributed by atoms with E-state index in [9.17, 15) is 0 Å². The van der Waals surface area contributed by atoms with Gasteiger partial charge in [0.15, 0.2) is 0 Å². The van der Waals surface area contributed by atoms with Crippen LogP contribution in [0.2, 0.25) is 5.02 Å². The Morgan fingerprint density at radius 2 is 2.15 bits per heavy atom. The van der Waals surface area contributed by atoms with Crippen LogP contribution in [0.1, 0.15) is 24.1 Å². The third-order valence-electron chi connectivity index (χ3n) is 2.09. The molecule has 0 bridgehead atoms. The van der Waals surface area contributed by atoms with Crippen LogP contribution in [0.25, 0.3) is 0 Å². The maximum absolute atomic E-state index is 5.98. The molecule has 2 N–H and O–H groups in total. The van der Waals surface area contributed by atoms with Crippen LogP contribution in [0.5, 0.6) is 0 Å². The van der Waals surface area contributed by atoms with E-state index in [1.807, 2.05) is 32.0 Å². The van der Waals surface area contributed by atoms with Crippen LogP contribution < -0.4 is 5.73 Å². The third-order valence-corrected chi connectivity index (χ3v) is 2.49. The van der Waals surface area contributed by atoms with E-state index in [4.69, 9.17) is 17.3 Å². The summed E-state index contributed by atoms with van der Waals surface area (Å²) in [6.45, 7) is 7.70. The first-order valence-corrected chi connectivity index (χ1v) is 4.57. The van der Waals surface area contributed by atoms with E-state index < -0.39 is 0 Å². The lowest BCUT2D eigenvalue weighted by molar-refractivity contribution is 0.850. The zero-order valence-corrected chi connectivity index (χ0v) is 8.73. The molecule has 0 aliphatic heterocycles. The van der Waals surface area contributed by atoms with Gasteiger partial charge in [0.2, 0.25) is 0 Å². The molecule has 1 nitrogen and oxygen atoms in total. The van der Waals surface area contributed by atoms with E-state index in [-0.39, 0.29) is 6.04 Å². The second kappa shape index (κ2) is 3.95. The average Bonchev–Trinajstić information content (AvgIpc) is 2.08. The summed E-state index contributed by atoms with van der Waals surface area (Å²) in [6.07, 6.45) is 0. The molecule has 0 amide bonds. The molecule has 0 fully saturated rings. The van der Waals surface area contributed by atoms with Gasteiger partial charge < -0.3 is 5.73 Å². The van der Waals surface area contributed by atoms with Crippen molar-refractivity contribution in [3.8, 4) is 0 Å². The van der Waals surface area contributed by atoms with E-state index >= 15 is 0 Å². The summed E-state index contributed by atoms with van der Waals surface area (Å²) >= 11 is 5.98. The van der Waals surface area contributed by atoms with Gasteiger partial charge in [-0.05, 0) is 31.0 Å². The lowest BCUT2D eigenvalue weighted by atomic mass is 10.0. The highest BCUT2D eigenvalue weighted by Crippen LogP contribution is 2.23. The van der Waals surface area contributed by atoms with E-state index in [1.165, 1.54) is 0 Å². The molecule has 1 rings (SSSR count). The minimum absolute atomic E-state index is 0.113. The molecular weight excluding hydrogens is 182 g/mol. The van der Waals surface area contributed by atoms with Crippen molar-refractivity contribution in [3.05, 3.63) is 46.5 Å². The maximum atomic E-state index is 5.98. The number of hydrogen-bond acceptors (Lipinski definition) is 1. The normalized spacial score (nSPS) is 12.6. The number of nitrogens with two attached hydrogens (primary N) is 1. The molecule has 13 heavy (non-hydrogen) atoms. The van der Waals surface area contributed by atoms with Gasteiger partial charge in [-0.25, -0.2) is 0 Å². The van der Waals surface area contributed by atoms with Crippen molar-refractivity contribution in [1.82, 2.24) is 0 Å². The molecule has 0 aliphatic carbocycles. The Labute approximate surface area is 84.2 Å². The van der Waals surface area contributed by atoms with E-state index in [0.717, 1.165) is 21.7 Å². The summed E-state index contributed by atoms with van der Waals surface area (Å²) in [5, 5.41) is 0.759. The Morgan fingerprint density at radius 3 is 2.62 bits per heavy atom. The van der Waals surface area contributed by atoms with Gasteiger partial charge in [0, 0.05) is 5.02 Å². The van der Waals surface area contributed by atoms with Crippen molar-refractivity contribution in [2.24, 2.45) is 5.73 Å². The summed E-state index contributed by atoms with van der Waals surface area (Å²) in [5.74, 6) is 0. The van der Waals surface area contributed by atoms with Gasteiger partial charge in [0.1, 0.15) is 0 Å². The smallest absolute Gasteiger partial charge is 0.0506 e. The predicted octanol–water partition coefficient (Wildman–Crippen LogP) is 3.22. The summed E-state index contributed by atoms with van der Waals surface area (Å²) in [6, 6.07) is 5.75. The van der Waals surface area contributed by atoms with Crippen LogP contribution in [0.3, 0.4) is 0 Å². The standard InChI is InChI=1S/C11H14ClN/c1-7(2)11(13)9-5-4-8(3)10(12)6-9/h4-6,11H,1,13H2,2-3H3. The van der Waals surface area contributed by atoms with Crippen LogP contribution in [-0.4, -0.2) is 0 Å². The monoisotopic (exact) mass is 195 g/mol. The van der Waals surface area contributed by atoms with Crippen molar-refractivity contribution in [2.75, 3.05) is 0 Å². The van der Waals surface area contributed by atoms with Gasteiger partial charge in [0.25, 0.3) is 0 Å². The molecule has 0 radical (unpaired) electrons. The van der Waals surface area contributed by atoms with Crippen LogP contribution in [0.4, 0.5) is 0 Å². The molecule has 0 spiro atoms. The zero-order chi connectivity index (χ0) is 10.0. The Balaban J connectivity index is 3.03. The summed E-state index contributed by atoms with van der Waals surface area (Å²) < 4.78 is 0. The molecule has 2 heteroatoms. The largest absolute Gasteiger partial charge is 0.321 e. The number of rotatable bonds is 2. The SMILES string of the molecule is C=C(C)C(N)c1ccc(C)c(Cl)c1. The quantitative estimate of drug-likeness (QED) is 0.721. The Hall–Kier alpha value is -0.790. The van der Waals surface area contributed by atoms with E-state index in [2.05, 4.69) is 6.58 Å². The number of aryl methyl sites for hydroxylation is 1. The lowest BCUT2D eigenvalue weighted by Gasteiger charge is -2.12. The van der Waals surface area contributed by atoms with Crippen molar-refractivity contribution < 1.29 is 0 Å². The van der Waals surface area contributed by atoms with Gasteiger partial charge in [0.05, 0.1) is 6.04 Å². The fourth-order valence-electron chi connectivity index (χ4n) is 1.09. The van der Waals surface area contributed by atoms with Crippen molar-refractivity contribution >= 4 is 11.6 Å². The molecule has 0 aliphatic rings. The lowest BCUT2D eigenvalue weighted by Crippen LogP contribution is -2.10. The van der Waals surface area contributed by atoms with Gasteiger partial charge >= 0.3 is 0 Å². The summed E-state index contributed by atoms with van der Waals surface area (Å²) in [5.41, 5.74) is 8.93. The molecule has 70 valence electrons. The molecule has 0 heterocycles. The molecule has 0 aromatic heterocycles. The highest BCUT2D eigenvalue weighted by atomic mass is 35.5. The molecular formula is C11H14ClN. The van der Waals surface area contributed by atoms with Gasteiger partial charge in [-0.1, -0.05) is 35.9 Å². The Bertz CT molecular complexity index is 331. The van der Waals surface area contributed by atoms with Gasteiger partial charge in [-0.15, -0.1) is 0 Å². The Morgan fingerprint density at radius 1 is 1.54 bits per heavy atom. The maximum Gasteiger partial charge on any atom is 0.0506 e. The molecule has 1 aromatic carbocycles. The predicted molar refractivity (Wildman–Crippen MR) is 57.9 cm³/mol. The molecule has 1 unspecified atom stereocenters. The van der Waals surface area contributed by atoms with Crippen LogP contribution >= 0.6 is 11.6 Å². The molecule has 1 atom stereocenters. The van der Waals surface area contributed by atoms with Crippen LogP contribution in [-0.2, 0) is 0 Å². The van der Waals surface area contributed by atoms with Gasteiger partial charge in [-0.3, -0.25) is 0 Å². The fraction of sp³-hybridized carbons (Fsp3) is 0.273. The summed E-state index contributed by atoms with van der Waals surface area (Å²) in [4.78, 5) is 0. The fourth-order valence-corrected chi connectivity index (χ4v) is 1.28. The van der Waals surface area contributed by atoms with E-state index in [1.54, 1.807) is 0 Å². The highest BCUT2D eigenvalue weighted by Gasteiger charge is 2.07. The average molecular weight is 196 g/mol.